The zero-order chi connectivity index (χ0) is 39.5. The van der Waals surface area contributed by atoms with E-state index in [4.69, 9.17) is 15.2 Å². The van der Waals surface area contributed by atoms with Gasteiger partial charge in [-0.3, -0.25) is 43.3 Å². The number of anilines is 1. The first kappa shape index (κ1) is 42.3. The van der Waals surface area contributed by atoms with Crippen molar-refractivity contribution in [1.29, 1.82) is 0 Å². The lowest BCUT2D eigenvalue weighted by Gasteiger charge is -2.28. The van der Waals surface area contributed by atoms with Crippen LogP contribution in [0.4, 0.5) is 5.69 Å². The van der Waals surface area contributed by atoms with Gasteiger partial charge in [-0.15, -0.1) is 0 Å². The minimum Gasteiger partial charge on any atom is -0.460 e. The average molecular weight is 741 g/mol. The lowest BCUT2D eigenvalue weighted by Crippen LogP contribution is -2.56. The number of amides is 7. The maximum absolute atomic E-state index is 13.7. The molecule has 0 radical (unpaired) electrons. The number of hydrogen-bond acceptors (Lipinski definition) is 10. The SMILES string of the molecule is CCOC[C@@H]1C[C@@H](N2C(=O)C=CC2=O)C(=O)N1CC(=O)N[C@H](C(=O)N[C@@H](CCCCC(N)=O)C(=O)Nc1ccc(COC(=O)C(C)(C)C)cc1)C(C)C. The van der Waals surface area contributed by atoms with E-state index < -0.39 is 83.4 Å². The quantitative estimate of drug-likeness (QED) is 0.0905. The van der Waals surface area contributed by atoms with Crippen molar-refractivity contribution in [3.05, 3.63) is 42.0 Å². The third-order valence-corrected chi connectivity index (χ3v) is 8.76. The van der Waals surface area contributed by atoms with Crippen molar-refractivity contribution in [3.63, 3.8) is 0 Å². The second kappa shape index (κ2) is 19.1. The molecule has 1 aromatic carbocycles. The Morgan fingerprint density at radius 1 is 0.943 bits per heavy atom. The first-order valence-electron chi connectivity index (χ1n) is 17.8. The van der Waals surface area contributed by atoms with E-state index in [1.807, 2.05) is 0 Å². The fourth-order valence-electron chi connectivity index (χ4n) is 5.78. The summed E-state index contributed by atoms with van der Waals surface area (Å²) in [6.45, 7) is 10.4. The molecule has 16 nitrogen and oxygen atoms in total. The van der Waals surface area contributed by atoms with Crippen molar-refractivity contribution in [2.75, 3.05) is 25.1 Å². The van der Waals surface area contributed by atoms with Crippen LogP contribution < -0.4 is 21.7 Å². The Labute approximate surface area is 309 Å². The maximum Gasteiger partial charge on any atom is 0.311 e. The maximum atomic E-state index is 13.7. The predicted molar refractivity (Wildman–Crippen MR) is 192 cm³/mol. The van der Waals surface area contributed by atoms with E-state index in [1.165, 1.54) is 4.90 Å². The van der Waals surface area contributed by atoms with Gasteiger partial charge in [0.2, 0.25) is 29.5 Å². The van der Waals surface area contributed by atoms with Crippen molar-refractivity contribution in [2.45, 2.75) is 104 Å². The number of rotatable bonds is 19. The molecule has 2 aliphatic heterocycles. The number of esters is 1. The third kappa shape index (κ3) is 12.2. The number of carbonyl (C=O) groups excluding carboxylic acids is 8. The van der Waals surface area contributed by atoms with Crippen LogP contribution in [-0.4, -0.2) is 101 Å². The molecule has 16 heteroatoms. The molecule has 290 valence electrons. The topological polar surface area (TPSA) is 224 Å². The Bertz CT molecular complexity index is 1550. The van der Waals surface area contributed by atoms with Gasteiger partial charge in [-0.05, 0) is 64.2 Å². The van der Waals surface area contributed by atoms with Crippen molar-refractivity contribution in [2.24, 2.45) is 17.1 Å². The zero-order valence-corrected chi connectivity index (χ0v) is 31.3. The Morgan fingerprint density at radius 3 is 2.15 bits per heavy atom. The Kier molecular flexibility index (Phi) is 15.2. The van der Waals surface area contributed by atoms with E-state index in [2.05, 4.69) is 16.0 Å². The molecule has 2 aliphatic rings. The zero-order valence-electron chi connectivity index (χ0n) is 31.3. The van der Waals surface area contributed by atoms with Gasteiger partial charge in [0.15, 0.2) is 0 Å². The summed E-state index contributed by atoms with van der Waals surface area (Å²) in [6, 6.07) is 2.80. The van der Waals surface area contributed by atoms with Crippen molar-refractivity contribution >= 4 is 53.0 Å². The van der Waals surface area contributed by atoms with Crippen LogP contribution in [0.3, 0.4) is 0 Å². The summed E-state index contributed by atoms with van der Waals surface area (Å²) < 4.78 is 10.9. The molecule has 0 bridgehead atoms. The van der Waals surface area contributed by atoms with Gasteiger partial charge >= 0.3 is 5.97 Å². The Balaban J connectivity index is 1.69. The molecule has 0 aromatic heterocycles. The van der Waals surface area contributed by atoms with E-state index in [0.717, 1.165) is 17.1 Å². The van der Waals surface area contributed by atoms with Crippen LogP contribution in [0.1, 0.15) is 79.2 Å². The summed E-state index contributed by atoms with van der Waals surface area (Å²) in [7, 11) is 0. The van der Waals surface area contributed by atoms with Crippen molar-refractivity contribution in [3.8, 4) is 0 Å². The number of carbonyl (C=O) groups is 8. The largest absolute Gasteiger partial charge is 0.460 e. The number of ether oxygens (including phenoxy) is 2. The molecule has 0 aliphatic carbocycles. The number of nitrogens with two attached hydrogens (primary N) is 1. The number of nitrogens with one attached hydrogen (secondary N) is 3. The fraction of sp³-hybridized carbons (Fsp3) is 0.568. The van der Waals surface area contributed by atoms with Crippen molar-refractivity contribution < 1.29 is 47.8 Å². The highest BCUT2D eigenvalue weighted by molar-refractivity contribution is 6.15. The normalized spacial score (nSPS) is 18.3. The van der Waals surface area contributed by atoms with Crippen LogP contribution in [-0.2, 0) is 54.4 Å². The number of unbranched alkanes of at least 4 members (excludes halogenated alkanes) is 1. The van der Waals surface area contributed by atoms with E-state index in [-0.39, 0.29) is 38.4 Å². The Morgan fingerprint density at radius 2 is 1.58 bits per heavy atom. The number of benzene rings is 1. The third-order valence-electron chi connectivity index (χ3n) is 8.76. The molecule has 1 saturated heterocycles. The predicted octanol–water partition coefficient (Wildman–Crippen LogP) is 1.32. The molecule has 1 fully saturated rings. The van der Waals surface area contributed by atoms with Gasteiger partial charge in [0.1, 0.15) is 24.7 Å². The van der Waals surface area contributed by atoms with E-state index in [0.29, 0.717) is 30.7 Å². The summed E-state index contributed by atoms with van der Waals surface area (Å²) in [6.07, 6.45) is 3.30. The molecule has 4 atom stereocenters. The van der Waals surface area contributed by atoms with Gasteiger partial charge in [0.25, 0.3) is 11.8 Å². The molecule has 53 heavy (non-hydrogen) atoms. The van der Waals surface area contributed by atoms with E-state index in [1.54, 1.807) is 65.8 Å². The summed E-state index contributed by atoms with van der Waals surface area (Å²) in [5, 5.41) is 8.19. The van der Waals surface area contributed by atoms with Crippen LogP contribution >= 0.6 is 0 Å². The number of primary amides is 1. The summed E-state index contributed by atoms with van der Waals surface area (Å²) in [4.78, 5) is 104. The second-order valence-corrected chi connectivity index (χ2v) is 14.5. The monoisotopic (exact) mass is 740 g/mol. The highest BCUT2D eigenvalue weighted by Gasteiger charge is 2.47. The minimum atomic E-state index is -1.11. The lowest BCUT2D eigenvalue weighted by molar-refractivity contribution is -0.154. The highest BCUT2D eigenvalue weighted by Crippen LogP contribution is 2.26. The molecule has 2 heterocycles. The van der Waals surface area contributed by atoms with Gasteiger partial charge in [0.05, 0.1) is 24.6 Å². The first-order chi connectivity index (χ1) is 24.9. The standard InChI is InChI=1S/C37H52N6O10/c1-7-52-21-25-18-27(43-30(46)16-17-31(43)47)35(50)42(25)19-29(45)41-32(22(2)3)34(49)40-26(10-8-9-11-28(38)44)33(48)39-24-14-12-23(13-15-24)20-53-36(51)37(4,5)6/h12-17,22,25-27,32H,7-11,18-21H2,1-6H3,(H2,38,44)(H,39,48)(H,40,49)(H,41,45)/t25-,26-,27+,32-/m0/s1. The highest BCUT2D eigenvalue weighted by atomic mass is 16.5. The minimum absolute atomic E-state index is 0.0557. The number of hydrogen-bond donors (Lipinski definition) is 4. The van der Waals surface area contributed by atoms with Gasteiger partial charge in [-0.2, -0.15) is 0 Å². The fourth-order valence-corrected chi connectivity index (χ4v) is 5.78. The van der Waals surface area contributed by atoms with Crippen LogP contribution in [0.15, 0.2) is 36.4 Å². The second-order valence-electron chi connectivity index (χ2n) is 14.5. The van der Waals surface area contributed by atoms with Gasteiger partial charge in [0, 0.05) is 37.3 Å². The molecule has 5 N–H and O–H groups in total. The number of imide groups is 1. The molecular formula is C37H52N6O10. The molecule has 3 rings (SSSR count). The van der Waals surface area contributed by atoms with Crippen molar-refractivity contribution in [1.82, 2.24) is 20.4 Å². The van der Waals surface area contributed by atoms with Crippen LogP contribution in [0.25, 0.3) is 0 Å². The molecule has 7 amide bonds. The number of nitrogens with zero attached hydrogens (tertiary/aromatic N) is 2. The van der Waals surface area contributed by atoms with Gasteiger partial charge in [-0.1, -0.05) is 32.4 Å². The molecule has 0 spiro atoms. The molecule has 1 aromatic rings. The summed E-state index contributed by atoms with van der Waals surface area (Å²) in [5.74, 6) is -4.95. The summed E-state index contributed by atoms with van der Waals surface area (Å²) >= 11 is 0. The molecular weight excluding hydrogens is 688 g/mol. The first-order valence-corrected chi connectivity index (χ1v) is 17.8. The van der Waals surface area contributed by atoms with Crippen LogP contribution in [0.2, 0.25) is 0 Å². The lowest BCUT2D eigenvalue weighted by atomic mass is 9.97. The van der Waals surface area contributed by atoms with E-state index in [9.17, 15) is 38.4 Å². The summed E-state index contributed by atoms with van der Waals surface area (Å²) in [5.41, 5.74) is 5.75. The van der Waals surface area contributed by atoms with Crippen LogP contribution in [0, 0.1) is 11.3 Å². The number of likely N-dealkylation sites (tertiary alicyclic amines) is 1. The van der Waals surface area contributed by atoms with Gasteiger partial charge in [-0.25, -0.2) is 0 Å². The molecule has 0 unspecified atom stereocenters. The van der Waals surface area contributed by atoms with Gasteiger partial charge < -0.3 is 36.1 Å². The Hall–Kier alpha value is -5.12. The van der Waals surface area contributed by atoms with E-state index >= 15 is 0 Å². The average Bonchev–Trinajstić information content (AvgIpc) is 3.57. The smallest absolute Gasteiger partial charge is 0.311 e. The molecule has 0 saturated carbocycles. The van der Waals surface area contributed by atoms with Crippen LogP contribution in [0.5, 0.6) is 0 Å².